The molecule has 164 valence electrons. The number of hydrogen-bond acceptors (Lipinski definition) is 5. The molecule has 4 rings (SSSR count). The summed E-state index contributed by atoms with van der Waals surface area (Å²) in [5.74, 6) is 0.631. The molecule has 0 aliphatic rings. The second-order valence-electron chi connectivity index (χ2n) is 7.77. The van der Waals surface area contributed by atoms with Crippen LogP contribution in [0.2, 0.25) is 0 Å². The van der Waals surface area contributed by atoms with Crippen LogP contribution in [0.1, 0.15) is 6.92 Å². The van der Waals surface area contributed by atoms with E-state index < -0.39 is 9.84 Å². The molecule has 2 heterocycles. The number of rotatable bonds is 5. The maximum absolute atomic E-state index is 11.7. The minimum absolute atomic E-state index is 0.0244. The van der Waals surface area contributed by atoms with E-state index in [1.807, 2.05) is 37.4 Å². The highest BCUT2D eigenvalue weighted by molar-refractivity contribution is 7.90. The maximum Gasteiger partial charge on any atom is 0.223 e. The van der Waals surface area contributed by atoms with E-state index >= 15 is 0 Å². The van der Waals surface area contributed by atoms with E-state index in [0.29, 0.717) is 5.82 Å². The minimum Gasteiger partial charge on any atom is -0.343 e. The first-order valence-electron chi connectivity index (χ1n) is 10.0. The van der Waals surface area contributed by atoms with Crippen molar-refractivity contribution in [3.63, 3.8) is 0 Å². The molecule has 0 radical (unpaired) electrons. The zero-order valence-corrected chi connectivity index (χ0v) is 19.1. The largest absolute Gasteiger partial charge is 0.343 e. The Morgan fingerprint density at radius 2 is 1.78 bits per heavy atom. The standard InChI is InChI=1S/C24H24N4O3S/c1-16(29)27(2)20-7-5-6-17(12-20)22-13-18-15-25-24(14-23(18)28(22)3)26-19-8-10-21(11-9-19)32(4,30)31/h5-15H,1-4H3,(H,25,26). The number of nitrogens with zero attached hydrogens (tertiary/aromatic N) is 3. The third-order valence-electron chi connectivity index (χ3n) is 5.48. The van der Waals surface area contributed by atoms with Crippen LogP contribution in [-0.2, 0) is 21.7 Å². The van der Waals surface area contributed by atoms with Crippen LogP contribution >= 0.6 is 0 Å². The smallest absolute Gasteiger partial charge is 0.223 e. The SMILES string of the molecule is CC(=O)N(C)c1cccc(-c2cc3cnc(Nc4ccc(S(C)(=O)=O)cc4)cc3n2C)c1. The van der Waals surface area contributed by atoms with Crippen molar-refractivity contribution in [3.8, 4) is 11.3 Å². The normalized spacial score (nSPS) is 11.5. The average Bonchev–Trinajstić information content (AvgIpc) is 3.09. The number of carbonyl (C=O) groups excluding carboxylic acids is 1. The van der Waals surface area contributed by atoms with Gasteiger partial charge in [0.25, 0.3) is 0 Å². The van der Waals surface area contributed by atoms with Gasteiger partial charge in [-0.25, -0.2) is 13.4 Å². The first kappa shape index (κ1) is 21.6. The van der Waals surface area contributed by atoms with Gasteiger partial charge in [-0.15, -0.1) is 0 Å². The Morgan fingerprint density at radius 1 is 1.06 bits per heavy atom. The number of pyridine rings is 1. The van der Waals surface area contributed by atoms with Gasteiger partial charge in [-0.3, -0.25) is 4.79 Å². The number of aromatic nitrogens is 2. The summed E-state index contributed by atoms with van der Waals surface area (Å²) in [5, 5.41) is 4.22. The van der Waals surface area contributed by atoms with Gasteiger partial charge >= 0.3 is 0 Å². The molecule has 1 amide bonds. The zero-order chi connectivity index (χ0) is 23.0. The molecule has 0 aliphatic heterocycles. The number of fused-ring (bicyclic) bond motifs is 1. The van der Waals surface area contributed by atoms with Gasteiger partial charge in [0.2, 0.25) is 5.91 Å². The number of benzene rings is 2. The van der Waals surface area contributed by atoms with Gasteiger partial charge in [0.1, 0.15) is 5.82 Å². The Bertz CT molecular complexity index is 1420. The van der Waals surface area contributed by atoms with Crippen molar-refractivity contribution in [2.45, 2.75) is 11.8 Å². The summed E-state index contributed by atoms with van der Waals surface area (Å²) in [6, 6.07) is 18.5. The molecule has 2 aromatic heterocycles. The van der Waals surface area contributed by atoms with E-state index in [0.717, 1.165) is 33.5 Å². The summed E-state index contributed by atoms with van der Waals surface area (Å²) >= 11 is 0. The number of hydrogen-bond donors (Lipinski definition) is 1. The lowest BCUT2D eigenvalue weighted by atomic mass is 10.1. The molecule has 0 saturated heterocycles. The highest BCUT2D eigenvalue weighted by Crippen LogP contribution is 2.31. The minimum atomic E-state index is -3.23. The molecule has 8 heteroatoms. The van der Waals surface area contributed by atoms with Gasteiger partial charge in [0, 0.05) is 67.6 Å². The summed E-state index contributed by atoms with van der Waals surface area (Å²) in [5.41, 5.74) is 4.59. The fourth-order valence-electron chi connectivity index (χ4n) is 3.57. The highest BCUT2D eigenvalue weighted by Gasteiger charge is 2.12. The molecule has 4 aromatic rings. The van der Waals surface area contributed by atoms with E-state index in [9.17, 15) is 13.2 Å². The van der Waals surface area contributed by atoms with Crippen molar-refractivity contribution in [3.05, 3.63) is 66.9 Å². The second-order valence-corrected chi connectivity index (χ2v) is 9.78. The van der Waals surface area contributed by atoms with Crippen LogP contribution in [0, 0.1) is 0 Å². The van der Waals surface area contributed by atoms with E-state index in [-0.39, 0.29) is 10.8 Å². The molecule has 0 atom stereocenters. The van der Waals surface area contributed by atoms with Crippen LogP contribution in [0.4, 0.5) is 17.2 Å². The number of amides is 1. The molecule has 0 spiro atoms. The van der Waals surface area contributed by atoms with Crippen LogP contribution < -0.4 is 10.2 Å². The summed E-state index contributed by atoms with van der Waals surface area (Å²) in [6.07, 6.45) is 2.99. The third kappa shape index (κ3) is 4.22. The number of sulfone groups is 1. The molecule has 0 fully saturated rings. The lowest BCUT2D eigenvalue weighted by molar-refractivity contribution is -0.116. The molecule has 0 aliphatic carbocycles. The van der Waals surface area contributed by atoms with Gasteiger partial charge in [0.05, 0.1) is 10.4 Å². The molecule has 7 nitrogen and oxygen atoms in total. The second kappa shape index (κ2) is 8.12. The number of anilines is 3. The predicted molar refractivity (Wildman–Crippen MR) is 128 cm³/mol. The molecule has 32 heavy (non-hydrogen) atoms. The first-order valence-corrected chi connectivity index (χ1v) is 11.9. The number of carbonyl (C=O) groups is 1. The Hall–Kier alpha value is -3.65. The Morgan fingerprint density at radius 3 is 2.44 bits per heavy atom. The number of nitrogens with one attached hydrogen (secondary N) is 1. The fourth-order valence-corrected chi connectivity index (χ4v) is 4.20. The lowest BCUT2D eigenvalue weighted by Gasteiger charge is -2.16. The van der Waals surface area contributed by atoms with Crippen LogP contribution in [0.15, 0.2) is 71.8 Å². The molecule has 0 unspecified atom stereocenters. The van der Waals surface area contributed by atoms with E-state index in [1.165, 1.54) is 6.26 Å². The van der Waals surface area contributed by atoms with Gasteiger partial charge in [-0.05, 0) is 42.5 Å². The molecule has 2 aromatic carbocycles. The topological polar surface area (TPSA) is 84.3 Å². The van der Waals surface area contributed by atoms with Crippen molar-refractivity contribution in [2.24, 2.45) is 7.05 Å². The van der Waals surface area contributed by atoms with E-state index in [1.54, 1.807) is 49.3 Å². The van der Waals surface area contributed by atoms with Crippen LogP contribution in [0.25, 0.3) is 22.2 Å². The summed E-state index contributed by atoms with van der Waals surface area (Å²) in [7, 11) is 0.515. The van der Waals surface area contributed by atoms with Crippen molar-refractivity contribution < 1.29 is 13.2 Å². The molecular weight excluding hydrogens is 424 g/mol. The number of aryl methyl sites for hydroxylation is 1. The first-order chi connectivity index (χ1) is 15.1. The van der Waals surface area contributed by atoms with Crippen molar-refractivity contribution >= 4 is 43.8 Å². The summed E-state index contributed by atoms with van der Waals surface area (Å²) in [6.45, 7) is 1.54. The Kier molecular flexibility index (Phi) is 5.48. The van der Waals surface area contributed by atoms with Gasteiger partial charge < -0.3 is 14.8 Å². The van der Waals surface area contributed by atoms with Crippen LogP contribution in [-0.4, -0.2) is 37.2 Å². The van der Waals surface area contributed by atoms with Crippen molar-refractivity contribution in [1.29, 1.82) is 0 Å². The van der Waals surface area contributed by atoms with Crippen molar-refractivity contribution in [2.75, 3.05) is 23.5 Å². The Balaban J connectivity index is 1.66. The quantitative estimate of drug-likeness (QED) is 0.490. The summed E-state index contributed by atoms with van der Waals surface area (Å²) in [4.78, 5) is 18.1. The van der Waals surface area contributed by atoms with Crippen LogP contribution in [0.5, 0.6) is 0 Å². The van der Waals surface area contributed by atoms with E-state index in [4.69, 9.17) is 0 Å². The molecule has 1 N–H and O–H groups in total. The van der Waals surface area contributed by atoms with Gasteiger partial charge in [0.15, 0.2) is 9.84 Å². The third-order valence-corrected chi connectivity index (χ3v) is 6.61. The lowest BCUT2D eigenvalue weighted by Crippen LogP contribution is -2.22. The Labute approximate surface area is 187 Å². The van der Waals surface area contributed by atoms with Gasteiger partial charge in [-0.2, -0.15) is 0 Å². The van der Waals surface area contributed by atoms with Crippen molar-refractivity contribution in [1.82, 2.24) is 9.55 Å². The molecule has 0 bridgehead atoms. The highest BCUT2D eigenvalue weighted by atomic mass is 32.2. The molecule has 0 saturated carbocycles. The van der Waals surface area contributed by atoms with Gasteiger partial charge in [-0.1, -0.05) is 12.1 Å². The monoisotopic (exact) mass is 448 g/mol. The summed E-state index contributed by atoms with van der Waals surface area (Å²) < 4.78 is 25.4. The van der Waals surface area contributed by atoms with Crippen LogP contribution in [0.3, 0.4) is 0 Å². The maximum atomic E-state index is 11.7. The predicted octanol–water partition coefficient (Wildman–Crippen LogP) is 4.37. The molecular formula is C24H24N4O3S. The fraction of sp³-hybridized carbons (Fsp3) is 0.167. The zero-order valence-electron chi connectivity index (χ0n) is 18.3. The average molecular weight is 449 g/mol. The van der Waals surface area contributed by atoms with E-state index in [2.05, 4.69) is 20.9 Å².